The summed E-state index contributed by atoms with van der Waals surface area (Å²) in [5.41, 5.74) is 4.34. The molecule has 2 aromatic heterocycles. The molecule has 0 aliphatic rings. The van der Waals surface area contributed by atoms with Gasteiger partial charge in [0.2, 0.25) is 0 Å². The molecule has 1 aromatic carbocycles. The van der Waals surface area contributed by atoms with Gasteiger partial charge in [0.15, 0.2) is 0 Å². The minimum atomic E-state index is 0.747. The highest BCUT2D eigenvalue weighted by Gasteiger charge is 2.01. The third kappa shape index (κ3) is 3.79. The van der Waals surface area contributed by atoms with Crippen molar-refractivity contribution in [2.75, 3.05) is 13.7 Å². The second-order valence-corrected chi connectivity index (χ2v) is 5.48. The fourth-order valence-corrected chi connectivity index (χ4v) is 2.50. The van der Waals surface area contributed by atoms with E-state index in [-0.39, 0.29) is 0 Å². The third-order valence-corrected chi connectivity index (χ3v) is 3.67. The average molecular weight is 307 g/mol. The summed E-state index contributed by atoms with van der Waals surface area (Å²) in [6, 6.07) is 12.2. The highest BCUT2D eigenvalue weighted by Crippen LogP contribution is 2.18. The molecule has 0 amide bonds. The first kappa shape index (κ1) is 15.3. The Hall–Kier alpha value is -2.59. The van der Waals surface area contributed by atoms with Gasteiger partial charge in [-0.25, -0.2) is 4.98 Å². The summed E-state index contributed by atoms with van der Waals surface area (Å²) in [6.07, 6.45) is 8.27. The van der Waals surface area contributed by atoms with Crippen LogP contribution < -0.4 is 10.1 Å². The molecule has 0 spiro atoms. The van der Waals surface area contributed by atoms with Crippen LogP contribution >= 0.6 is 0 Å². The number of fused-ring (bicyclic) bond motifs is 1. The minimum absolute atomic E-state index is 0.747. The predicted molar refractivity (Wildman–Crippen MR) is 93.7 cm³/mol. The largest absolute Gasteiger partial charge is 0.496 e. The number of methoxy groups -OCH3 is 1. The predicted octanol–water partition coefficient (Wildman–Crippen LogP) is 3.45. The summed E-state index contributed by atoms with van der Waals surface area (Å²) < 4.78 is 7.38. The highest BCUT2D eigenvalue weighted by molar-refractivity contribution is 5.57. The van der Waals surface area contributed by atoms with E-state index in [9.17, 15) is 0 Å². The second-order valence-electron chi connectivity index (χ2n) is 5.48. The van der Waals surface area contributed by atoms with Crippen LogP contribution in [0.2, 0.25) is 0 Å². The SMILES string of the molecule is COc1ccccc1C=CCNCc1cn2ccc(C)cc2n1. The van der Waals surface area contributed by atoms with Gasteiger partial charge in [0.05, 0.1) is 12.8 Å². The average Bonchev–Trinajstić information content (AvgIpc) is 2.96. The normalized spacial score (nSPS) is 11.4. The van der Waals surface area contributed by atoms with E-state index in [1.165, 1.54) is 5.56 Å². The van der Waals surface area contributed by atoms with Gasteiger partial charge in [-0.05, 0) is 30.7 Å². The van der Waals surface area contributed by atoms with Crippen LogP contribution in [0.1, 0.15) is 16.8 Å². The topological polar surface area (TPSA) is 38.6 Å². The molecule has 23 heavy (non-hydrogen) atoms. The number of rotatable bonds is 6. The van der Waals surface area contributed by atoms with Gasteiger partial charge in [-0.3, -0.25) is 0 Å². The number of imidazole rings is 1. The standard InChI is InChI=1S/C19H21N3O/c1-15-9-11-22-14-17(21-19(22)12-15)13-20-10-5-7-16-6-3-4-8-18(16)23-2/h3-9,11-12,14,20H,10,13H2,1-2H3. The smallest absolute Gasteiger partial charge is 0.137 e. The van der Waals surface area contributed by atoms with Crippen molar-refractivity contribution in [1.29, 1.82) is 0 Å². The highest BCUT2D eigenvalue weighted by atomic mass is 16.5. The summed E-state index contributed by atoms with van der Waals surface area (Å²) in [6.45, 7) is 3.61. The summed E-state index contributed by atoms with van der Waals surface area (Å²) in [4.78, 5) is 4.61. The monoisotopic (exact) mass is 307 g/mol. The lowest BCUT2D eigenvalue weighted by Crippen LogP contribution is -2.12. The molecule has 118 valence electrons. The van der Waals surface area contributed by atoms with Gasteiger partial charge in [-0.1, -0.05) is 30.4 Å². The second kappa shape index (κ2) is 7.11. The summed E-state index contributed by atoms with van der Waals surface area (Å²) in [5, 5.41) is 3.38. The molecule has 0 bridgehead atoms. The van der Waals surface area contributed by atoms with E-state index in [0.717, 1.165) is 35.7 Å². The fourth-order valence-electron chi connectivity index (χ4n) is 2.50. The van der Waals surface area contributed by atoms with E-state index in [0.29, 0.717) is 0 Å². The van der Waals surface area contributed by atoms with Crippen LogP contribution in [0, 0.1) is 6.92 Å². The fraction of sp³-hybridized carbons (Fsp3) is 0.211. The van der Waals surface area contributed by atoms with Crippen molar-refractivity contribution in [3.05, 3.63) is 71.7 Å². The van der Waals surface area contributed by atoms with Gasteiger partial charge in [-0.2, -0.15) is 0 Å². The van der Waals surface area contributed by atoms with Crippen molar-refractivity contribution in [3.8, 4) is 5.75 Å². The van der Waals surface area contributed by atoms with Crippen molar-refractivity contribution in [2.45, 2.75) is 13.5 Å². The van der Waals surface area contributed by atoms with E-state index >= 15 is 0 Å². The lowest BCUT2D eigenvalue weighted by atomic mass is 10.2. The first-order chi connectivity index (χ1) is 11.3. The van der Waals surface area contributed by atoms with Gasteiger partial charge in [0.1, 0.15) is 11.4 Å². The molecule has 2 heterocycles. The van der Waals surface area contributed by atoms with Gasteiger partial charge in [-0.15, -0.1) is 0 Å². The van der Waals surface area contributed by atoms with Crippen LogP contribution in [0.25, 0.3) is 11.7 Å². The van der Waals surface area contributed by atoms with Crippen molar-refractivity contribution < 1.29 is 4.74 Å². The lowest BCUT2D eigenvalue weighted by molar-refractivity contribution is 0.414. The van der Waals surface area contributed by atoms with E-state index in [2.05, 4.69) is 52.1 Å². The number of nitrogens with zero attached hydrogens (tertiary/aromatic N) is 2. The van der Waals surface area contributed by atoms with Crippen LogP contribution in [0.15, 0.2) is 54.9 Å². The number of ether oxygens (including phenoxy) is 1. The Morgan fingerprint density at radius 3 is 3.00 bits per heavy atom. The number of aryl methyl sites for hydroxylation is 1. The molecule has 3 rings (SSSR count). The summed E-state index contributed by atoms with van der Waals surface area (Å²) in [5.74, 6) is 0.888. The number of hydrogen-bond acceptors (Lipinski definition) is 3. The zero-order chi connectivity index (χ0) is 16.1. The Morgan fingerprint density at radius 1 is 1.26 bits per heavy atom. The molecule has 3 aromatic rings. The lowest BCUT2D eigenvalue weighted by Gasteiger charge is -2.03. The molecule has 0 fully saturated rings. The number of hydrogen-bond donors (Lipinski definition) is 1. The van der Waals surface area contributed by atoms with E-state index in [1.807, 2.05) is 30.5 Å². The number of aromatic nitrogens is 2. The Kier molecular flexibility index (Phi) is 4.74. The van der Waals surface area contributed by atoms with Crippen LogP contribution in [0.5, 0.6) is 5.75 Å². The zero-order valence-electron chi connectivity index (χ0n) is 13.5. The molecule has 0 unspecified atom stereocenters. The molecule has 0 saturated heterocycles. The molecule has 0 saturated carbocycles. The minimum Gasteiger partial charge on any atom is -0.496 e. The first-order valence-corrected chi connectivity index (χ1v) is 7.71. The van der Waals surface area contributed by atoms with E-state index in [1.54, 1.807) is 7.11 Å². The molecule has 4 heteroatoms. The van der Waals surface area contributed by atoms with Crippen molar-refractivity contribution in [1.82, 2.24) is 14.7 Å². The first-order valence-electron chi connectivity index (χ1n) is 7.71. The third-order valence-electron chi connectivity index (χ3n) is 3.67. The molecular formula is C19H21N3O. The molecule has 0 aliphatic carbocycles. The van der Waals surface area contributed by atoms with Gasteiger partial charge < -0.3 is 14.5 Å². The molecule has 0 atom stereocenters. The Labute approximate surface area is 136 Å². The number of benzene rings is 1. The number of nitrogens with one attached hydrogen (secondary N) is 1. The van der Waals surface area contributed by atoms with Crippen molar-refractivity contribution in [3.63, 3.8) is 0 Å². The molecule has 1 N–H and O–H groups in total. The number of para-hydroxylation sites is 1. The quantitative estimate of drug-likeness (QED) is 0.709. The summed E-state index contributed by atoms with van der Waals surface area (Å²) in [7, 11) is 1.69. The molecular weight excluding hydrogens is 286 g/mol. The Bertz CT molecular complexity index is 820. The maximum Gasteiger partial charge on any atom is 0.137 e. The van der Waals surface area contributed by atoms with Crippen LogP contribution in [0.4, 0.5) is 0 Å². The maximum absolute atomic E-state index is 5.33. The summed E-state index contributed by atoms with van der Waals surface area (Å²) >= 11 is 0. The molecule has 4 nitrogen and oxygen atoms in total. The Balaban J connectivity index is 1.55. The zero-order valence-corrected chi connectivity index (χ0v) is 13.5. The van der Waals surface area contributed by atoms with Crippen LogP contribution in [-0.4, -0.2) is 23.0 Å². The van der Waals surface area contributed by atoms with E-state index in [4.69, 9.17) is 4.74 Å². The Morgan fingerprint density at radius 2 is 2.13 bits per heavy atom. The van der Waals surface area contributed by atoms with Crippen molar-refractivity contribution in [2.24, 2.45) is 0 Å². The molecule has 0 aliphatic heterocycles. The van der Waals surface area contributed by atoms with Gasteiger partial charge >= 0.3 is 0 Å². The maximum atomic E-state index is 5.33. The van der Waals surface area contributed by atoms with E-state index < -0.39 is 0 Å². The van der Waals surface area contributed by atoms with Gasteiger partial charge in [0.25, 0.3) is 0 Å². The molecule has 0 radical (unpaired) electrons. The van der Waals surface area contributed by atoms with Gasteiger partial charge in [0, 0.05) is 31.0 Å². The van der Waals surface area contributed by atoms with Crippen LogP contribution in [0.3, 0.4) is 0 Å². The van der Waals surface area contributed by atoms with Crippen LogP contribution in [-0.2, 0) is 6.54 Å². The van der Waals surface area contributed by atoms with Crippen molar-refractivity contribution >= 4 is 11.7 Å². The number of pyridine rings is 1.